The van der Waals surface area contributed by atoms with Crippen LogP contribution in [0.5, 0.6) is 0 Å². The molecule has 0 aliphatic carbocycles. The number of carbonyl (C=O) groups excluding carboxylic acids is 4. The Morgan fingerprint density at radius 3 is 2.32 bits per heavy atom. The van der Waals surface area contributed by atoms with Gasteiger partial charge in [0.25, 0.3) is 5.91 Å². The third kappa shape index (κ3) is 8.77. The van der Waals surface area contributed by atoms with Gasteiger partial charge in [0.05, 0.1) is 6.42 Å². The standard InChI is InChI=1S/C25H36N4O5/c1-8-10-13-27-22(31)21(18-12-11-16(3)17(4)14-18)29(9-2)23(32)19(15-20(26)30)28-24(33)34-25(5,6)7/h2,11-12,14,19,21H,8,10,13,15H2,1,3-7H3,(H2,26,30)(H,27,31)(H,28,33). The monoisotopic (exact) mass is 472 g/mol. The van der Waals surface area contributed by atoms with Crippen molar-refractivity contribution in [1.82, 2.24) is 15.5 Å². The third-order valence-electron chi connectivity index (χ3n) is 4.95. The summed E-state index contributed by atoms with van der Waals surface area (Å²) in [4.78, 5) is 51.5. The van der Waals surface area contributed by atoms with Gasteiger partial charge in [-0.2, -0.15) is 0 Å². The number of hydrogen-bond donors (Lipinski definition) is 3. The number of nitrogens with two attached hydrogens (primary N) is 1. The van der Waals surface area contributed by atoms with Gasteiger partial charge < -0.3 is 21.1 Å². The number of benzene rings is 1. The zero-order chi connectivity index (χ0) is 26.1. The van der Waals surface area contributed by atoms with E-state index in [1.165, 1.54) is 0 Å². The largest absolute Gasteiger partial charge is 0.444 e. The molecule has 1 rings (SSSR count). The molecular formula is C25H36N4O5. The number of aryl methyl sites for hydroxylation is 2. The van der Waals surface area contributed by atoms with Gasteiger partial charge in [-0.05, 0) is 57.7 Å². The van der Waals surface area contributed by atoms with Gasteiger partial charge in [-0.3, -0.25) is 19.3 Å². The summed E-state index contributed by atoms with van der Waals surface area (Å²) in [6, 6.07) is 4.99. The molecule has 9 heteroatoms. The van der Waals surface area contributed by atoms with E-state index in [9.17, 15) is 19.2 Å². The predicted octanol–water partition coefficient (Wildman–Crippen LogP) is 2.45. The van der Waals surface area contributed by atoms with Crippen LogP contribution in [0.2, 0.25) is 0 Å². The highest BCUT2D eigenvalue weighted by Gasteiger charge is 2.36. The molecule has 0 aromatic heterocycles. The minimum atomic E-state index is -1.42. The fourth-order valence-electron chi connectivity index (χ4n) is 3.12. The summed E-state index contributed by atoms with van der Waals surface area (Å²) in [6.45, 7) is 11.2. The second-order valence-corrected chi connectivity index (χ2v) is 9.10. The Kier molecular flexibility index (Phi) is 10.6. The van der Waals surface area contributed by atoms with Crippen LogP contribution in [0.25, 0.3) is 0 Å². The van der Waals surface area contributed by atoms with Gasteiger partial charge >= 0.3 is 6.09 Å². The van der Waals surface area contributed by atoms with E-state index in [1.54, 1.807) is 32.9 Å². The first-order chi connectivity index (χ1) is 15.8. The van der Waals surface area contributed by atoms with Crippen LogP contribution in [0, 0.1) is 26.3 Å². The van der Waals surface area contributed by atoms with Crippen LogP contribution < -0.4 is 16.4 Å². The lowest BCUT2D eigenvalue weighted by Gasteiger charge is -2.30. The number of hydrogen-bond acceptors (Lipinski definition) is 5. The van der Waals surface area contributed by atoms with Gasteiger partial charge in [0.1, 0.15) is 17.7 Å². The molecule has 0 heterocycles. The highest BCUT2D eigenvalue weighted by Crippen LogP contribution is 2.24. The number of amides is 4. The van der Waals surface area contributed by atoms with E-state index in [1.807, 2.05) is 26.8 Å². The molecule has 4 amide bonds. The normalized spacial score (nSPS) is 12.6. The zero-order valence-corrected chi connectivity index (χ0v) is 20.9. The van der Waals surface area contributed by atoms with E-state index >= 15 is 0 Å². The molecule has 0 aliphatic rings. The molecule has 9 nitrogen and oxygen atoms in total. The first-order valence-electron chi connectivity index (χ1n) is 11.2. The van der Waals surface area contributed by atoms with E-state index in [-0.39, 0.29) is 0 Å². The summed E-state index contributed by atoms with van der Waals surface area (Å²) >= 11 is 0. The number of carbonyl (C=O) groups is 4. The number of primary amides is 1. The Morgan fingerprint density at radius 2 is 1.82 bits per heavy atom. The summed E-state index contributed by atoms with van der Waals surface area (Å²) in [6.07, 6.45) is 5.87. The maximum atomic E-state index is 13.4. The highest BCUT2D eigenvalue weighted by molar-refractivity contribution is 5.95. The number of terminal acetylenes is 1. The number of nitrogens with one attached hydrogen (secondary N) is 2. The second-order valence-electron chi connectivity index (χ2n) is 9.10. The van der Waals surface area contributed by atoms with Gasteiger partial charge in [-0.15, -0.1) is 0 Å². The van der Waals surface area contributed by atoms with Crippen LogP contribution in [0.15, 0.2) is 18.2 Å². The van der Waals surface area contributed by atoms with E-state index < -0.39 is 47.9 Å². The molecule has 1 aromatic carbocycles. The topological polar surface area (TPSA) is 131 Å². The van der Waals surface area contributed by atoms with Crippen LogP contribution in [0.1, 0.15) is 69.7 Å². The van der Waals surface area contributed by atoms with Crippen LogP contribution in [0.4, 0.5) is 4.79 Å². The maximum Gasteiger partial charge on any atom is 0.408 e. The van der Waals surface area contributed by atoms with Gasteiger partial charge in [0, 0.05) is 12.6 Å². The molecule has 0 saturated carbocycles. The van der Waals surface area contributed by atoms with Crippen LogP contribution in [-0.4, -0.2) is 46.9 Å². The van der Waals surface area contributed by atoms with Crippen molar-refractivity contribution < 1.29 is 23.9 Å². The Balaban J connectivity index is 3.38. The average molecular weight is 473 g/mol. The number of unbranched alkanes of at least 4 members (excludes halogenated alkanes) is 1. The SMILES string of the molecule is C#CN(C(=O)C(CC(N)=O)NC(=O)OC(C)(C)C)C(C(=O)NCCCC)c1ccc(C)c(C)c1. The predicted molar refractivity (Wildman–Crippen MR) is 129 cm³/mol. The molecule has 0 bridgehead atoms. The van der Waals surface area contributed by atoms with Crippen molar-refractivity contribution in [2.45, 2.75) is 78.5 Å². The minimum Gasteiger partial charge on any atom is -0.444 e. The first kappa shape index (κ1) is 28.5. The molecule has 0 spiro atoms. The van der Waals surface area contributed by atoms with Crippen molar-refractivity contribution in [2.75, 3.05) is 6.54 Å². The van der Waals surface area contributed by atoms with Crippen molar-refractivity contribution in [2.24, 2.45) is 5.73 Å². The quantitative estimate of drug-likeness (QED) is 0.273. The van der Waals surface area contributed by atoms with Crippen LogP contribution in [-0.2, 0) is 19.1 Å². The van der Waals surface area contributed by atoms with Crippen molar-refractivity contribution in [3.8, 4) is 12.5 Å². The number of rotatable bonds is 10. The molecule has 0 saturated heterocycles. The molecule has 1 aromatic rings. The van der Waals surface area contributed by atoms with Gasteiger partial charge in [-0.25, -0.2) is 4.79 Å². The number of alkyl carbamates (subject to hydrolysis) is 1. The average Bonchev–Trinajstić information content (AvgIpc) is 2.71. The summed E-state index contributed by atoms with van der Waals surface area (Å²) in [5, 5.41) is 5.16. The fraction of sp³-hybridized carbons (Fsp3) is 0.520. The number of ether oxygens (including phenoxy) is 1. The van der Waals surface area contributed by atoms with Gasteiger partial charge in [0.15, 0.2) is 0 Å². The Bertz CT molecular complexity index is 946. The van der Waals surface area contributed by atoms with Crippen molar-refractivity contribution in [3.05, 3.63) is 34.9 Å². The molecule has 34 heavy (non-hydrogen) atoms. The number of nitrogens with zero attached hydrogens (tertiary/aromatic N) is 1. The first-order valence-corrected chi connectivity index (χ1v) is 11.2. The molecule has 0 radical (unpaired) electrons. The lowest BCUT2D eigenvalue weighted by molar-refractivity contribution is -0.139. The van der Waals surface area contributed by atoms with E-state index in [0.29, 0.717) is 12.1 Å². The van der Waals surface area contributed by atoms with Crippen molar-refractivity contribution in [3.63, 3.8) is 0 Å². The molecule has 2 unspecified atom stereocenters. The molecule has 2 atom stereocenters. The van der Waals surface area contributed by atoms with E-state index in [2.05, 4.69) is 16.7 Å². The zero-order valence-electron chi connectivity index (χ0n) is 20.9. The lowest BCUT2D eigenvalue weighted by Crippen LogP contribution is -2.52. The smallest absolute Gasteiger partial charge is 0.408 e. The summed E-state index contributed by atoms with van der Waals surface area (Å²) in [5.41, 5.74) is 6.89. The molecular weight excluding hydrogens is 436 g/mol. The Labute approximate surface area is 201 Å². The minimum absolute atomic E-state index is 0.407. The van der Waals surface area contributed by atoms with Gasteiger partial charge in [0.2, 0.25) is 11.8 Å². The van der Waals surface area contributed by atoms with E-state index in [0.717, 1.165) is 28.9 Å². The van der Waals surface area contributed by atoms with Crippen LogP contribution in [0.3, 0.4) is 0 Å². The van der Waals surface area contributed by atoms with E-state index in [4.69, 9.17) is 16.9 Å². The maximum absolute atomic E-state index is 13.4. The summed E-state index contributed by atoms with van der Waals surface area (Å²) < 4.78 is 5.20. The third-order valence-corrected chi connectivity index (χ3v) is 4.95. The molecule has 186 valence electrons. The van der Waals surface area contributed by atoms with Crippen molar-refractivity contribution >= 4 is 23.8 Å². The molecule has 4 N–H and O–H groups in total. The van der Waals surface area contributed by atoms with Gasteiger partial charge in [-0.1, -0.05) is 38.0 Å². The highest BCUT2D eigenvalue weighted by atomic mass is 16.6. The molecule has 0 aliphatic heterocycles. The Hall–Kier alpha value is -3.54. The van der Waals surface area contributed by atoms with Crippen LogP contribution >= 0.6 is 0 Å². The molecule has 0 fully saturated rings. The lowest BCUT2D eigenvalue weighted by atomic mass is 9.98. The Morgan fingerprint density at radius 1 is 1.18 bits per heavy atom. The fourth-order valence-corrected chi connectivity index (χ4v) is 3.12. The summed E-state index contributed by atoms with van der Waals surface area (Å²) in [7, 11) is 0. The summed E-state index contributed by atoms with van der Waals surface area (Å²) in [5.74, 6) is -2.14. The second kappa shape index (κ2) is 12.6. The van der Waals surface area contributed by atoms with Crippen molar-refractivity contribution in [1.29, 1.82) is 0 Å².